The Bertz CT molecular complexity index is 154. The number of carbonyl (C=O) groups is 1. The molecule has 3 nitrogen and oxygen atoms in total. The minimum absolute atomic E-state index is 0.183. The smallest absolute Gasteiger partial charge is 0.168 e. The number of carbonyl (C=O) groups excluding carboxylic acids is 1. The Kier molecular flexibility index (Phi) is 2.30. The van der Waals surface area contributed by atoms with Gasteiger partial charge >= 0.3 is 0 Å². The third-order valence-corrected chi connectivity index (χ3v) is 1.75. The maximum atomic E-state index is 11.5. The predicted molar refractivity (Wildman–Crippen MR) is 42.2 cm³/mol. The van der Waals surface area contributed by atoms with Crippen LogP contribution in [0.25, 0.3) is 0 Å². The Hall–Kier alpha value is -0.410. The van der Waals surface area contributed by atoms with E-state index >= 15 is 0 Å². The molecule has 0 aromatic heterocycles. The van der Waals surface area contributed by atoms with Crippen molar-refractivity contribution in [3.63, 3.8) is 0 Å². The summed E-state index contributed by atoms with van der Waals surface area (Å²) in [5, 5.41) is 2.98. The summed E-state index contributed by atoms with van der Waals surface area (Å²) in [7, 11) is 0. The first-order valence-corrected chi connectivity index (χ1v) is 3.88. The number of ether oxygens (including phenoxy) is 1. The first-order chi connectivity index (χ1) is 5.02. The van der Waals surface area contributed by atoms with Crippen LogP contribution in [0.4, 0.5) is 0 Å². The van der Waals surface area contributed by atoms with Crippen LogP contribution < -0.4 is 5.32 Å². The third-order valence-electron chi connectivity index (χ3n) is 1.75. The lowest BCUT2D eigenvalue weighted by Gasteiger charge is -2.19. The van der Waals surface area contributed by atoms with Gasteiger partial charge in [-0.3, -0.25) is 10.1 Å². The minimum atomic E-state index is -0.281. The van der Waals surface area contributed by atoms with Crippen LogP contribution in [0.3, 0.4) is 0 Å². The second kappa shape index (κ2) is 2.91. The van der Waals surface area contributed by atoms with Gasteiger partial charge < -0.3 is 4.74 Å². The summed E-state index contributed by atoms with van der Waals surface area (Å²) in [6.07, 6.45) is -0.227. The molecule has 1 fully saturated rings. The summed E-state index contributed by atoms with van der Waals surface area (Å²) in [6, 6.07) is 0. The highest BCUT2D eigenvalue weighted by Crippen LogP contribution is 2.19. The molecule has 1 aliphatic rings. The van der Waals surface area contributed by atoms with E-state index in [-0.39, 0.29) is 17.3 Å². The fourth-order valence-corrected chi connectivity index (χ4v) is 1.06. The van der Waals surface area contributed by atoms with E-state index in [4.69, 9.17) is 4.74 Å². The van der Waals surface area contributed by atoms with E-state index in [0.29, 0.717) is 13.3 Å². The zero-order valence-electron chi connectivity index (χ0n) is 7.31. The van der Waals surface area contributed by atoms with E-state index in [1.807, 2.05) is 20.8 Å². The van der Waals surface area contributed by atoms with Gasteiger partial charge in [0.1, 0.15) is 6.10 Å². The summed E-state index contributed by atoms with van der Waals surface area (Å²) < 4.78 is 5.18. The maximum Gasteiger partial charge on any atom is 0.168 e. The number of ketones is 1. The Morgan fingerprint density at radius 3 is 2.55 bits per heavy atom. The molecule has 0 radical (unpaired) electrons. The molecule has 0 saturated carbocycles. The van der Waals surface area contributed by atoms with Crippen LogP contribution in [0.1, 0.15) is 20.8 Å². The predicted octanol–water partition coefficient (Wildman–Crippen LogP) is 0.547. The molecule has 64 valence electrons. The van der Waals surface area contributed by atoms with Gasteiger partial charge in [0.2, 0.25) is 0 Å². The van der Waals surface area contributed by atoms with Gasteiger partial charge in [0, 0.05) is 12.0 Å². The quantitative estimate of drug-likeness (QED) is 0.604. The van der Waals surface area contributed by atoms with Gasteiger partial charge in [-0.1, -0.05) is 20.8 Å². The lowest BCUT2D eigenvalue weighted by Crippen LogP contribution is -2.34. The fraction of sp³-hybridized carbons (Fsp3) is 0.875. The minimum Gasteiger partial charge on any atom is -0.354 e. The average molecular weight is 157 g/mol. The molecule has 1 N–H and O–H groups in total. The molecule has 3 heteroatoms. The molecule has 1 aliphatic heterocycles. The van der Waals surface area contributed by atoms with Crippen molar-refractivity contribution in [3.8, 4) is 0 Å². The summed E-state index contributed by atoms with van der Waals surface area (Å²) in [5.74, 6) is 0.183. The summed E-state index contributed by atoms with van der Waals surface area (Å²) in [5.41, 5.74) is -0.281. The van der Waals surface area contributed by atoms with Gasteiger partial charge in [0.15, 0.2) is 5.78 Å². The van der Waals surface area contributed by atoms with Gasteiger partial charge in [-0.15, -0.1) is 0 Å². The molecule has 1 heterocycles. The van der Waals surface area contributed by atoms with E-state index in [0.717, 1.165) is 0 Å². The number of hydrogen-bond donors (Lipinski definition) is 1. The van der Waals surface area contributed by atoms with E-state index in [1.54, 1.807) is 0 Å². The van der Waals surface area contributed by atoms with Gasteiger partial charge in [0.05, 0.1) is 6.73 Å². The van der Waals surface area contributed by atoms with Crippen LogP contribution in [0.5, 0.6) is 0 Å². The Morgan fingerprint density at radius 2 is 2.18 bits per heavy atom. The standard InChI is InChI=1S/C8H15NO2/c1-8(2,3)7(10)6-4-9-5-11-6/h6,9H,4-5H2,1-3H3. The summed E-state index contributed by atoms with van der Waals surface area (Å²) >= 11 is 0. The Labute approximate surface area is 67.1 Å². The summed E-state index contributed by atoms with van der Waals surface area (Å²) in [6.45, 7) is 6.91. The molecule has 1 atom stereocenters. The normalized spacial score (nSPS) is 25.5. The van der Waals surface area contributed by atoms with Crippen LogP contribution in [-0.4, -0.2) is 25.2 Å². The monoisotopic (exact) mass is 157 g/mol. The van der Waals surface area contributed by atoms with Crippen molar-refractivity contribution >= 4 is 5.78 Å². The molecule has 0 aromatic carbocycles. The lowest BCUT2D eigenvalue weighted by atomic mass is 9.88. The van der Waals surface area contributed by atoms with Gasteiger partial charge in [-0.05, 0) is 0 Å². The van der Waals surface area contributed by atoms with E-state index in [9.17, 15) is 4.79 Å². The highest BCUT2D eigenvalue weighted by Gasteiger charge is 2.32. The van der Waals surface area contributed by atoms with Crippen LogP contribution in [0.15, 0.2) is 0 Å². The zero-order valence-corrected chi connectivity index (χ0v) is 7.31. The molecule has 0 amide bonds. The van der Waals surface area contributed by atoms with Gasteiger partial charge in [-0.25, -0.2) is 0 Å². The number of nitrogens with one attached hydrogen (secondary N) is 1. The lowest BCUT2D eigenvalue weighted by molar-refractivity contribution is -0.135. The Morgan fingerprint density at radius 1 is 1.55 bits per heavy atom. The van der Waals surface area contributed by atoms with Crippen molar-refractivity contribution in [1.29, 1.82) is 0 Å². The molecule has 0 spiro atoms. The number of Topliss-reactive ketones (excluding diaryl/α,β-unsaturated/α-hetero) is 1. The van der Waals surface area contributed by atoms with Crippen LogP contribution in [-0.2, 0) is 9.53 Å². The van der Waals surface area contributed by atoms with Crippen LogP contribution in [0, 0.1) is 5.41 Å². The zero-order chi connectivity index (χ0) is 8.48. The van der Waals surface area contributed by atoms with Gasteiger partial charge in [-0.2, -0.15) is 0 Å². The molecular formula is C8H15NO2. The fourth-order valence-electron chi connectivity index (χ4n) is 1.06. The van der Waals surface area contributed by atoms with Crippen LogP contribution in [0.2, 0.25) is 0 Å². The van der Waals surface area contributed by atoms with E-state index in [1.165, 1.54) is 0 Å². The van der Waals surface area contributed by atoms with Crippen molar-refractivity contribution in [2.75, 3.05) is 13.3 Å². The molecule has 0 aromatic rings. The second-order valence-corrected chi connectivity index (χ2v) is 3.87. The third kappa shape index (κ3) is 2.01. The molecular weight excluding hydrogens is 142 g/mol. The molecule has 11 heavy (non-hydrogen) atoms. The largest absolute Gasteiger partial charge is 0.354 e. The van der Waals surface area contributed by atoms with Crippen molar-refractivity contribution in [1.82, 2.24) is 5.32 Å². The van der Waals surface area contributed by atoms with E-state index < -0.39 is 0 Å². The first-order valence-electron chi connectivity index (χ1n) is 3.88. The molecule has 0 aliphatic carbocycles. The highest BCUT2D eigenvalue weighted by atomic mass is 16.5. The maximum absolute atomic E-state index is 11.5. The van der Waals surface area contributed by atoms with Gasteiger partial charge in [0.25, 0.3) is 0 Å². The molecule has 1 rings (SSSR count). The van der Waals surface area contributed by atoms with E-state index in [2.05, 4.69) is 5.32 Å². The molecule has 1 unspecified atom stereocenters. The van der Waals surface area contributed by atoms with Crippen molar-refractivity contribution in [3.05, 3.63) is 0 Å². The van der Waals surface area contributed by atoms with Crippen molar-refractivity contribution in [2.45, 2.75) is 26.9 Å². The molecule has 0 bridgehead atoms. The Balaban J connectivity index is 2.53. The highest BCUT2D eigenvalue weighted by molar-refractivity contribution is 5.88. The van der Waals surface area contributed by atoms with Crippen LogP contribution >= 0.6 is 0 Å². The average Bonchev–Trinajstić information content (AvgIpc) is 2.34. The molecule has 1 saturated heterocycles. The SMILES string of the molecule is CC(C)(C)C(=O)C1CNCO1. The van der Waals surface area contributed by atoms with Crippen molar-refractivity contribution < 1.29 is 9.53 Å². The van der Waals surface area contributed by atoms with Crippen molar-refractivity contribution in [2.24, 2.45) is 5.41 Å². The second-order valence-electron chi connectivity index (χ2n) is 3.87. The first kappa shape index (κ1) is 8.68. The summed E-state index contributed by atoms with van der Waals surface area (Å²) in [4.78, 5) is 11.5. The number of rotatable bonds is 1. The number of hydrogen-bond acceptors (Lipinski definition) is 3. The topological polar surface area (TPSA) is 38.3 Å².